The quantitative estimate of drug-likeness (QED) is 0.292. The maximum absolute atomic E-state index is 3.58. The van der Waals surface area contributed by atoms with E-state index in [1.165, 1.54) is 89.9 Å². The molecule has 0 atom stereocenters. The molecule has 0 amide bonds. The summed E-state index contributed by atoms with van der Waals surface area (Å²) in [6.07, 6.45) is 25.4. The molecule has 0 aliphatic carbocycles. The average Bonchev–Trinajstić information content (AvgIpc) is 2.54. The van der Waals surface area contributed by atoms with Crippen molar-refractivity contribution < 1.29 is 0 Å². The lowest BCUT2D eigenvalue weighted by Gasteiger charge is -2.03. The third-order valence-corrected chi connectivity index (χ3v) is 4.09. The van der Waals surface area contributed by atoms with Crippen molar-refractivity contribution in [3.8, 4) is 0 Å². The summed E-state index contributed by atoms with van der Waals surface area (Å²) >= 11 is 0. The van der Waals surface area contributed by atoms with Gasteiger partial charge in [-0.2, -0.15) is 0 Å². The lowest BCUT2D eigenvalue weighted by molar-refractivity contribution is 0.534. The Kier molecular flexibility index (Phi) is 19.2. The van der Waals surface area contributed by atoms with Crippen LogP contribution >= 0.6 is 0 Å². The van der Waals surface area contributed by atoms with Gasteiger partial charge in [0.1, 0.15) is 0 Å². The van der Waals surface area contributed by atoms with Gasteiger partial charge >= 0.3 is 0 Å². The summed E-state index contributed by atoms with van der Waals surface area (Å²) in [5.41, 5.74) is 0. The molecule has 0 saturated heterocycles. The first-order valence-corrected chi connectivity index (χ1v) is 9.67. The first-order valence-electron chi connectivity index (χ1n) is 9.67. The van der Waals surface area contributed by atoms with Crippen molar-refractivity contribution in [1.82, 2.24) is 10.6 Å². The van der Waals surface area contributed by atoms with E-state index in [1.807, 2.05) is 12.4 Å². The van der Waals surface area contributed by atoms with Gasteiger partial charge in [0.25, 0.3) is 0 Å². The fraction of sp³-hybridized carbons (Fsp3) is 0.800. The summed E-state index contributed by atoms with van der Waals surface area (Å²) in [6, 6.07) is 0. The standard InChI is InChI=1S/C20H40N2/c1-3-5-6-7-8-9-10-11-12-13-14-15-16-17-18-22-20-19-21-4-2/h4,19-22H,2-3,5-18H2,1H3/b20-19-. The molecule has 0 aromatic heterocycles. The van der Waals surface area contributed by atoms with Crippen LogP contribution in [-0.2, 0) is 0 Å². The van der Waals surface area contributed by atoms with Crippen LogP contribution in [0.4, 0.5) is 0 Å². The molecule has 0 spiro atoms. The molecule has 0 radical (unpaired) electrons. The number of unbranched alkanes of at least 4 members (excludes halogenated alkanes) is 13. The van der Waals surface area contributed by atoms with Crippen molar-refractivity contribution >= 4 is 0 Å². The summed E-state index contributed by atoms with van der Waals surface area (Å²) in [7, 11) is 0. The molecule has 0 saturated carbocycles. The minimum atomic E-state index is 1.08. The summed E-state index contributed by atoms with van der Waals surface area (Å²) in [5.74, 6) is 0. The smallest absolute Gasteiger partial charge is 0.0163 e. The van der Waals surface area contributed by atoms with E-state index in [2.05, 4.69) is 24.1 Å². The van der Waals surface area contributed by atoms with E-state index in [4.69, 9.17) is 0 Å². The second kappa shape index (κ2) is 20.1. The zero-order valence-corrected chi connectivity index (χ0v) is 15.0. The van der Waals surface area contributed by atoms with Gasteiger partial charge in [0.05, 0.1) is 0 Å². The molecule has 0 unspecified atom stereocenters. The minimum Gasteiger partial charge on any atom is -0.390 e. The van der Waals surface area contributed by atoms with Gasteiger partial charge in [0, 0.05) is 18.9 Å². The first-order chi connectivity index (χ1) is 10.9. The van der Waals surface area contributed by atoms with Crippen molar-refractivity contribution in [2.75, 3.05) is 6.54 Å². The van der Waals surface area contributed by atoms with Crippen LogP contribution in [0.1, 0.15) is 96.8 Å². The molecule has 0 aliphatic rings. The van der Waals surface area contributed by atoms with Crippen LogP contribution in [0.3, 0.4) is 0 Å². The van der Waals surface area contributed by atoms with Crippen LogP contribution in [-0.4, -0.2) is 6.54 Å². The Bertz CT molecular complexity index is 236. The minimum absolute atomic E-state index is 1.08. The number of rotatable bonds is 18. The maximum Gasteiger partial charge on any atom is 0.0163 e. The van der Waals surface area contributed by atoms with Gasteiger partial charge in [-0.3, -0.25) is 0 Å². The third kappa shape index (κ3) is 19.1. The highest BCUT2D eigenvalue weighted by Crippen LogP contribution is 2.12. The van der Waals surface area contributed by atoms with Gasteiger partial charge < -0.3 is 10.6 Å². The van der Waals surface area contributed by atoms with Gasteiger partial charge in [-0.25, -0.2) is 0 Å². The van der Waals surface area contributed by atoms with Crippen molar-refractivity contribution in [1.29, 1.82) is 0 Å². The Morgan fingerprint density at radius 1 is 0.636 bits per heavy atom. The molecule has 0 fully saturated rings. The van der Waals surface area contributed by atoms with E-state index in [0.29, 0.717) is 0 Å². The number of hydrogen-bond donors (Lipinski definition) is 2. The molecule has 0 aromatic rings. The fourth-order valence-electron chi connectivity index (χ4n) is 2.68. The van der Waals surface area contributed by atoms with Crippen molar-refractivity contribution in [3.05, 3.63) is 25.2 Å². The fourth-order valence-corrected chi connectivity index (χ4v) is 2.68. The van der Waals surface area contributed by atoms with Gasteiger partial charge in [-0.05, 0) is 12.6 Å². The SMILES string of the molecule is C=CN/C=C\NCCCCCCCCCCCCCCCC. The van der Waals surface area contributed by atoms with Gasteiger partial charge in [-0.15, -0.1) is 0 Å². The Hall–Kier alpha value is -0.920. The highest BCUT2D eigenvalue weighted by atomic mass is 14.9. The molecule has 2 nitrogen and oxygen atoms in total. The van der Waals surface area contributed by atoms with Crippen LogP contribution in [0, 0.1) is 0 Å². The van der Waals surface area contributed by atoms with Crippen molar-refractivity contribution in [3.63, 3.8) is 0 Å². The lowest BCUT2D eigenvalue weighted by Crippen LogP contribution is -2.08. The summed E-state index contributed by atoms with van der Waals surface area (Å²) in [4.78, 5) is 0. The molecular weight excluding hydrogens is 268 g/mol. The Morgan fingerprint density at radius 3 is 1.55 bits per heavy atom. The number of hydrogen-bond acceptors (Lipinski definition) is 2. The predicted molar refractivity (Wildman–Crippen MR) is 101 cm³/mol. The van der Waals surface area contributed by atoms with Crippen molar-refractivity contribution in [2.24, 2.45) is 0 Å². The van der Waals surface area contributed by atoms with Gasteiger partial charge in [-0.1, -0.05) is 97.0 Å². The largest absolute Gasteiger partial charge is 0.390 e. The molecule has 0 aliphatic heterocycles. The van der Waals surface area contributed by atoms with Crippen molar-refractivity contribution in [2.45, 2.75) is 96.8 Å². The van der Waals surface area contributed by atoms with Gasteiger partial charge in [0.2, 0.25) is 0 Å². The third-order valence-electron chi connectivity index (χ3n) is 4.09. The summed E-state index contributed by atoms with van der Waals surface area (Å²) in [5, 5.41) is 6.19. The monoisotopic (exact) mass is 308 g/mol. The maximum atomic E-state index is 3.58. The van der Waals surface area contributed by atoms with E-state index in [0.717, 1.165) is 6.54 Å². The van der Waals surface area contributed by atoms with E-state index in [9.17, 15) is 0 Å². The molecule has 130 valence electrons. The van der Waals surface area contributed by atoms with Crippen LogP contribution in [0.15, 0.2) is 25.2 Å². The van der Waals surface area contributed by atoms with E-state index in [-0.39, 0.29) is 0 Å². The van der Waals surface area contributed by atoms with Crippen LogP contribution in [0.2, 0.25) is 0 Å². The second-order valence-electron chi connectivity index (χ2n) is 6.25. The topological polar surface area (TPSA) is 24.1 Å². The molecule has 0 bridgehead atoms. The average molecular weight is 309 g/mol. The van der Waals surface area contributed by atoms with E-state index in [1.54, 1.807) is 6.20 Å². The van der Waals surface area contributed by atoms with Crippen LogP contribution < -0.4 is 10.6 Å². The summed E-state index contributed by atoms with van der Waals surface area (Å²) < 4.78 is 0. The predicted octanol–water partition coefficient (Wildman–Crippen LogP) is 6.26. The second-order valence-corrected chi connectivity index (χ2v) is 6.25. The Labute approximate surface area is 139 Å². The molecule has 22 heavy (non-hydrogen) atoms. The van der Waals surface area contributed by atoms with E-state index >= 15 is 0 Å². The molecule has 0 rings (SSSR count). The summed E-state index contributed by atoms with van der Waals surface area (Å²) in [6.45, 7) is 6.95. The van der Waals surface area contributed by atoms with E-state index < -0.39 is 0 Å². The zero-order chi connectivity index (χ0) is 16.1. The van der Waals surface area contributed by atoms with Gasteiger partial charge in [0.15, 0.2) is 0 Å². The first kappa shape index (κ1) is 21.1. The highest BCUT2D eigenvalue weighted by Gasteiger charge is 1.93. The lowest BCUT2D eigenvalue weighted by atomic mass is 10.0. The highest BCUT2D eigenvalue weighted by molar-refractivity contribution is 4.81. The number of nitrogens with one attached hydrogen (secondary N) is 2. The Morgan fingerprint density at radius 2 is 1.09 bits per heavy atom. The van der Waals surface area contributed by atoms with Crippen LogP contribution in [0.5, 0.6) is 0 Å². The molecule has 0 heterocycles. The molecule has 2 heteroatoms. The van der Waals surface area contributed by atoms with Crippen LogP contribution in [0.25, 0.3) is 0 Å². The normalized spacial score (nSPS) is 11.0. The molecular formula is C20H40N2. The molecule has 0 aromatic carbocycles. The molecule has 2 N–H and O–H groups in total. The zero-order valence-electron chi connectivity index (χ0n) is 15.0. The Balaban J connectivity index is 2.98.